The number of para-hydroxylation sites is 1. The van der Waals surface area contributed by atoms with Gasteiger partial charge in [-0.15, -0.1) is 11.3 Å². The quantitative estimate of drug-likeness (QED) is 0.377. The zero-order chi connectivity index (χ0) is 22.0. The van der Waals surface area contributed by atoms with E-state index in [9.17, 15) is 0 Å². The van der Waals surface area contributed by atoms with E-state index in [-0.39, 0.29) is 0 Å². The number of rotatable bonds is 5. The third-order valence-electron chi connectivity index (χ3n) is 5.91. The van der Waals surface area contributed by atoms with Crippen molar-refractivity contribution in [1.82, 2.24) is 29.6 Å². The van der Waals surface area contributed by atoms with Crippen molar-refractivity contribution in [2.24, 2.45) is 0 Å². The predicted octanol–water partition coefficient (Wildman–Crippen LogP) is 5.01. The van der Waals surface area contributed by atoms with Crippen LogP contribution in [0.3, 0.4) is 0 Å². The van der Waals surface area contributed by atoms with Gasteiger partial charge in [0.05, 0.1) is 16.3 Å². The second kappa shape index (κ2) is 8.69. The standard InChI is InChI=1S/C26H22N6S/c1-2-5-22(6-3-1)32-18-21(25(30-32)24-7-4-14-33-24)17-31-13-10-23-20(16-31)15-28-26(29-23)19-8-11-27-12-9-19/h1-9,11-12,14-15,18H,10,13,16-17H2. The Balaban J connectivity index is 1.26. The van der Waals surface area contributed by atoms with Crippen molar-refractivity contribution in [3.63, 3.8) is 0 Å². The van der Waals surface area contributed by atoms with Crippen LogP contribution >= 0.6 is 11.3 Å². The zero-order valence-corrected chi connectivity index (χ0v) is 18.8. The number of thiophene rings is 1. The summed E-state index contributed by atoms with van der Waals surface area (Å²) in [4.78, 5) is 17.2. The number of pyridine rings is 1. The van der Waals surface area contributed by atoms with Crippen LogP contribution in [0.5, 0.6) is 0 Å². The molecule has 0 amide bonds. The van der Waals surface area contributed by atoms with E-state index in [1.165, 1.54) is 16.0 Å². The Morgan fingerprint density at radius 2 is 1.85 bits per heavy atom. The molecule has 1 aliphatic rings. The molecule has 0 bridgehead atoms. The largest absolute Gasteiger partial charge is 0.294 e. The van der Waals surface area contributed by atoms with E-state index >= 15 is 0 Å². The highest BCUT2D eigenvalue weighted by molar-refractivity contribution is 7.13. The van der Waals surface area contributed by atoms with Crippen LogP contribution in [-0.2, 0) is 19.5 Å². The second-order valence-corrected chi connectivity index (χ2v) is 9.07. The van der Waals surface area contributed by atoms with E-state index in [0.717, 1.165) is 54.5 Å². The SMILES string of the molecule is c1ccc(-n2cc(CN3CCc4nc(-c5ccncc5)ncc4C3)c(-c3cccs3)n2)cc1. The molecule has 0 saturated heterocycles. The molecule has 7 heteroatoms. The van der Waals surface area contributed by atoms with Crippen LogP contribution in [0.25, 0.3) is 27.6 Å². The fourth-order valence-corrected chi connectivity index (χ4v) is 4.99. The van der Waals surface area contributed by atoms with Crippen LogP contribution in [0.1, 0.15) is 16.8 Å². The average molecular weight is 451 g/mol. The van der Waals surface area contributed by atoms with Gasteiger partial charge in [0.1, 0.15) is 5.69 Å². The summed E-state index contributed by atoms with van der Waals surface area (Å²) < 4.78 is 1.99. The van der Waals surface area contributed by atoms with Crippen molar-refractivity contribution in [2.75, 3.05) is 6.54 Å². The maximum atomic E-state index is 4.95. The van der Waals surface area contributed by atoms with Gasteiger partial charge in [-0.3, -0.25) is 9.88 Å². The molecule has 0 spiro atoms. The van der Waals surface area contributed by atoms with Gasteiger partial charge in [0.15, 0.2) is 5.82 Å². The molecule has 4 aromatic heterocycles. The van der Waals surface area contributed by atoms with Crippen LogP contribution in [0, 0.1) is 0 Å². The van der Waals surface area contributed by atoms with Crippen molar-refractivity contribution >= 4 is 11.3 Å². The Bertz CT molecular complexity index is 1360. The lowest BCUT2D eigenvalue weighted by atomic mass is 10.1. The number of fused-ring (bicyclic) bond motifs is 1. The Kier molecular flexibility index (Phi) is 5.26. The van der Waals surface area contributed by atoms with Gasteiger partial charge in [-0.2, -0.15) is 5.10 Å². The minimum atomic E-state index is 0.772. The molecular weight excluding hydrogens is 428 g/mol. The molecule has 0 fully saturated rings. The van der Waals surface area contributed by atoms with Gasteiger partial charge >= 0.3 is 0 Å². The smallest absolute Gasteiger partial charge is 0.159 e. The molecule has 0 aliphatic carbocycles. The predicted molar refractivity (Wildman–Crippen MR) is 130 cm³/mol. The Morgan fingerprint density at radius 3 is 2.67 bits per heavy atom. The molecule has 1 aromatic carbocycles. The van der Waals surface area contributed by atoms with Crippen molar-refractivity contribution in [3.8, 4) is 27.6 Å². The molecule has 5 aromatic rings. The maximum absolute atomic E-state index is 4.95. The van der Waals surface area contributed by atoms with Gasteiger partial charge in [-0.1, -0.05) is 24.3 Å². The molecule has 6 nitrogen and oxygen atoms in total. The summed E-state index contributed by atoms with van der Waals surface area (Å²) in [6, 6.07) is 18.4. The lowest BCUT2D eigenvalue weighted by Crippen LogP contribution is -2.31. The van der Waals surface area contributed by atoms with Gasteiger partial charge in [0.25, 0.3) is 0 Å². The van der Waals surface area contributed by atoms with Crippen LogP contribution in [0.4, 0.5) is 0 Å². The monoisotopic (exact) mass is 450 g/mol. The highest BCUT2D eigenvalue weighted by atomic mass is 32.1. The first-order chi connectivity index (χ1) is 16.3. The molecular formula is C26H22N6S. The van der Waals surface area contributed by atoms with E-state index in [0.29, 0.717) is 0 Å². The van der Waals surface area contributed by atoms with Gasteiger partial charge in [0, 0.05) is 67.5 Å². The fourth-order valence-electron chi connectivity index (χ4n) is 4.25. The van der Waals surface area contributed by atoms with Gasteiger partial charge in [-0.05, 0) is 35.7 Å². The number of hydrogen-bond acceptors (Lipinski definition) is 6. The minimum Gasteiger partial charge on any atom is -0.294 e. The summed E-state index contributed by atoms with van der Waals surface area (Å²) in [7, 11) is 0. The number of nitrogens with zero attached hydrogens (tertiary/aromatic N) is 6. The van der Waals surface area contributed by atoms with Crippen LogP contribution in [0.15, 0.2) is 84.8 Å². The van der Waals surface area contributed by atoms with E-state index in [2.05, 4.69) is 50.7 Å². The normalized spacial score (nSPS) is 13.7. The number of aromatic nitrogens is 5. The minimum absolute atomic E-state index is 0.772. The molecule has 0 N–H and O–H groups in total. The highest BCUT2D eigenvalue weighted by Gasteiger charge is 2.22. The summed E-state index contributed by atoms with van der Waals surface area (Å²) in [5.74, 6) is 0.772. The Labute approximate surface area is 196 Å². The zero-order valence-electron chi connectivity index (χ0n) is 18.0. The van der Waals surface area contributed by atoms with Gasteiger partial charge < -0.3 is 0 Å². The fraction of sp³-hybridized carbons (Fsp3) is 0.154. The van der Waals surface area contributed by atoms with Gasteiger partial charge in [-0.25, -0.2) is 14.6 Å². The first kappa shape index (κ1) is 20.0. The lowest BCUT2D eigenvalue weighted by Gasteiger charge is -2.27. The highest BCUT2D eigenvalue weighted by Crippen LogP contribution is 2.30. The third kappa shape index (κ3) is 4.08. The first-order valence-electron chi connectivity index (χ1n) is 11.0. The summed E-state index contributed by atoms with van der Waals surface area (Å²) in [5, 5.41) is 7.06. The molecule has 1 aliphatic heterocycles. The van der Waals surface area contributed by atoms with Crippen LogP contribution in [-0.4, -0.2) is 36.2 Å². The maximum Gasteiger partial charge on any atom is 0.159 e. The van der Waals surface area contributed by atoms with E-state index in [1.54, 1.807) is 23.7 Å². The van der Waals surface area contributed by atoms with Crippen molar-refractivity contribution in [3.05, 3.63) is 102 Å². The molecule has 33 heavy (non-hydrogen) atoms. The first-order valence-corrected chi connectivity index (χ1v) is 11.9. The second-order valence-electron chi connectivity index (χ2n) is 8.12. The summed E-state index contributed by atoms with van der Waals surface area (Å²) in [6.45, 7) is 2.64. The summed E-state index contributed by atoms with van der Waals surface area (Å²) in [5.41, 5.74) is 6.72. The van der Waals surface area contributed by atoms with Crippen LogP contribution < -0.4 is 0 Å². The summed E-state index contributed by atoms with van der Waals surface area (Å²) >= 11 is 1.73. The Hall–Kier alpha value is -3.68. The van der Waals surface area contributed by atoms with Crippen molar-refractivity contribution in [1.29, 1.82) is 0 Å². The summed E-state index contributed by atoms with van der Waals surface area (Å²) in [6.07, 6.45) is 8.62. The third-order valence-corrected chi connectivity index (χ3v) is 6.79. The molecule has 5 heterocycles. The van der Waals surface area contributed by atoms with E-state index < -0.39 is 0 Å². The molecule has 6 rings (SSSR count). The van der Waals surface area contributed by atoms with Crippen molar-refractivity contribution < 1.29 is 0 Å². The lowest BCUT2D eigenvalue weighted by molar-refractivity contribution is 0.243. The van der Waals surface area contributed by atoms with E-state index in [4.69, 9.17) is 10.1 Å². The molecule has 0 atom stereocenters. The average Bonchev–Trinajstić information content (AvgIpc) is 3.55. The molecule has 0 unspecified atom stereocenters. The molecule has 162 valence electrons. The Morgan fingerprint density at radius 1 is 0.970 bits per heavy atom. The molecule has 0 radical (unpaired) electrons. The van der Waals surface area contributed by atoms with Gasteiger partial charge in [0.2, 0.25) is 0 Å². The topological polar surface area (TPSA) is 59.7 Å². The van der Waals surface area contributed by atoms with E-state index in [1.807, 2.05) is 41.2 Å². The molecule has 0 saturated carbocycles. The van der Waals surface area contributed by atoms with Crippen LogP contribution in [0.2, 0.25) is 0 Å². The van der Waals surface area contributed by atoms with Crippen molar-refractivity contribution in [2.45, 2.75) is 19.5 Å². The number of benzene rings is 1. The number of hydrogen-bond donors (Lipinski definition) is 0.